The van der Waals surface area contributed by atoms with Gasteiger partial charge in [0, 0.05) is 0 Å². The van der Waals surface area contributed by atoms with Crippen LogP contribution in [0.25, 0.3) is 0 Å². The molecule has 0 saturated carbocycles. The number of H-pyrrole nitrogens is 1. The Labute approximate surface area is 101 Å². The van der Waals surface area contributed by atoms with E-state index in [0.717, 1.165) is 0 Å². The standard InChI is InChI=1S/C11H10N2O3S/c1-16-9-10(15)12-6-13-11(9)17-8-5-3-2-4-7(8)14/h2-6,14H,1H3,(H,12,13,15). The van der Waals surface area contributed by atoms with Crippen molar-refractivity contribution in [1.82, 2.24) is 9.97 Å². The Balaban J connectivity index is 2.40. The number of nitrogens with zero attached hydrogens (tertiary/aromatic N) is 1. The summed E-state index contributed by atoms with van der Waals surface area (Å²) in [7, 11) is 1.40. The van der Waals surface area contributed by atoms with Gasteiger partial charge in [-0.15, -0.1) is 0 Å². The number of phenolic OH excluding ortho intramolecular Hbond substituents is 1. The zero-order valence-corrected chi connectivity index (χ0v) is 9.82. The number of aromatic nitrogens is 2. The fourth-order valence-electron chi connectivity index (χ4n) is 1.27. The molecule has 5 nitrogen and oxygen atoms in total. The van der Waals surface area contributed by atoms with Gasteiger partial charge >= 0.3 is 0 Å². The maximum absolute atomic E-state index is 11.4. The van der Waals surface area contributed by atoms with E-state index in [1.807, 2.05) is 0 Å². The van der Waals surface area contributed by atoms with Crippen molar-refractivity contribution < 1.29 is 9.84 Å². The minimum absolute atomic E-state index is 0.140. The molecule has 2 aromatic rings. The van der Waals surface area contributed by atoms with Crippen molar-refractivity contribution in [3.8, 4) is 11.5 Å². The number of nitrogens with one attached hydrogen (secondary N) is 1. The first kappa shape index (κ1) is 11.5. The number of rotatable bonds is 3. The normalized spacial score (nSPS) is 10.2. The number of ether oxygens (including phenoxy) is 1. The zero-order valence-electron chi connectivity index (χ0n) is 9.01. The van der Waals surface area contributed by atoms with Crippen LogP contribution in [0.1, 0.15) is 0 Å². The molecule has 88 valence electrons. The summed E-state index contributed by atoms with van der Waals surface area (Å²) in [5.74, 6) is 0.280. The maximum Gasteiger partial charge on any atom is 0.294 e. The summed E-state index contributed by atoms with van der Waals surface area (Å²) in [6.07, 6.45) is 1.30. The third-order valence-corrected chi connectivity index (χ3v) is 3.10. The van der Waals surface area contributed by atoms with Crippen molar-refractivity contribution in [2.24, 2.45) is 0 Å². The summed E-state index contributed by atoms with van der Waals surface area (Å²) >= 11 is 1.17. The highest BCUT2D eigenvalue weighted by molar-refractivity contribution is 7.99. The van der Waals surface area contributed by atoms with Gasteiger partial charge in [0.25, 0.3) is 5.56 Å². The lowest BCUT2D eigenvalue weighted by Gasteiger charge is -2.06. The van der Waals surface area contributed by atoms with Crippen LogP contribution in [0, 0.1) is 0 Å². The molecule has 17 heavy (non-hydrogen) atoms. The largest absolute Gasteiger partial charge is 0.507 e. The van der Waals surface area contributed by atoms with Gasteiger partial charge in [0.2, 0.25) is 5.75 Å². The van der Waals surface area contributed by atoms with E-state index in [4.69, 9.17) is 4.74 Å². The average molecular weight is 250 g/mol. The lowest BCUT2D eigenvalue weighted by molar-refractivity contribution is 0.393. The van der Waals surface area contributed by atoms with Crippen LogP contribution >= 0.6 is 11.8 Å². The zero-order chi connectivity index (χ0) is 12.3. The van der Waals surface area contributed by atoms with Crippen LogP contribution in [-0.2, 0) is 0 Å². The second-order valence-electron chi connectivity index (χ2n) is 3.14. The summed E-state index contributed by atoms with van der Waals surface area (Å²) in [6.45, 7) is 0. The third kappa shape index (κ3) is 2.42. The first-order chi connectivity index (χ1) is 8.22. The van der Waals surface area contributed by atoms with E-state index in [1.54, 1.807) is 24.3 Å². The number of phenols is 1. The smallest absolute Gasteiger partial charge is 0.294 e. The van der Waals surface area contributed by atoms with Gasteiger partial charge in [-0.25, -0.2) is 4.98 Å². The number of benzene rings is 1. The number of hydrogen-bond donors (Lipinski definition) is 2. The molecule has 6 heteroatoms. The molecule has 0 atom stereocenters. The van der Waals surface area contributed by atoms with Crippen LogP contribution in [0.5, 0.6) is 11.5 Å². The van der Waals surface area contributed by atoms with Gasteiger partial charge < -0.3 is 14.8 Å². The molecule has 0 saturated heterocycles. The molecule has 0 aliphatic carbocycles. The van der Waals surface area contributed by atoms with E-state index in [2.05, 4.69) is 9.97 Å². The maximum atomic E-state index is 11.4. The molecular weight excluding hydrogens is 240 g/mol. The molecule has 0 aliphatic rings. The fraction of sp³-hybridized carbons (Fsp3) is 0.0909. The number of aromatic amines is 1. The molecule has 1 aromatic heterocycles. The fourth-order valence-corrected chi connectivity index (χ4v) is 2.17. The van der Waals surface area contributed by atoms with Gasteiger partial charge in [-0.3, -0.25) is 4.79 Å². The summed E-state index contributed by atoms with van der Waals surface area (Å²) in [5.41, 5.74) is -0.347. The molecule has 0 spiro atoms. The highest BCUT2D eigenvalue weighted by atomic mass is 32.2. The molecule has 0 aliphatic heterocycles. The van der Waals surface area contributed by atoms with Crippen molar-refractivity contribution in [3.63, 3.8) is 0 Å². The minimum Gasteiger partial charge on any atom is -0.507 e. The topological polar surface area (TPSA) is 75.2 Å². The van der Waals surface area contributed by atoms with Gasteiger partial charge in [-0.2, -0.15) is 0 Å². The Kier molecular flexibility index (Phi) is 3.34. The molecule has 0 unspecified atom stereocenters. The number of hydrogen-bond acceptors (Lipinski definition) is 5. The SMILES string of the molecule is COc1c(Sc2ccccc2O)nc[nH]c1=O. The summed E-state index contributed by atoms with van der Waals surface area (Å²) in [6, 6.07) is 6.83. The van der Waals surface area contributed by atoms with Crippen LogP contribution in [0.4, 0.5) is 0 Å². The third-order valence-electron chi connectivity index (χ3n) is 2.05. The highest BCUT2D eigenvalue weighted by Gasteiger charge is 2.12. The predicted octanol–water partition coefficient (Wildman–Crippen LogP) is 1.64. The first-order valence-corrected chi connectivity index (χ1v) is 5.61. The molecule has 2 N–H and O–H groups in total. The molecule has 1 aromatic carbocycles. The van der Waals surface area contributed by atoms with Crippen molar-refractivity contribution >= 4 is 11.8 Å². The number of para-hydroxylation sites is 1. The van der Waals surface area contributed by atoms with E-state index >= 15 is 0 Å². The molecule has 2 rings (SSSR count). The number of methoxy groups -OCH3 is 1. The lowest BCUT2D eigenvalue weighted by Crippen LogP contribution is -2.10. The van der Waals surface area contributed by atoms with Crippen molar-refractivity contribution in [3.05, 3.63) is 40.9 Å². The minimum atomic E-state index is -0.347. The molecule has 0 amide bonds. The van der Waals surface area contributed by atoms with E-state index in [-0.39, 0.29) is 17.1 Å². The number of aromatic hydroxyl groups is 1. The van der Waals surface area contributed by atoms with Gasteiger partial charge in [0.1, 0.15) is 5.75 Å². The van der Waals surface area contributed by atoms with Gasteiger partial charge in [0.15, 0.2) is 5.03 Å². The van der Waals surface area contributed by atoms with Crippen LogP contribution in [0.15, 0.2) is 45.3 Å². The molecule has 0 fully saturated rings. The van der Waals surface area contributed by atoms with Gasteiger partial charge in [-0.1, -0.05) is 23.9 Å². The molecule has 1 heterocycles. The molecule has 0 radical (unpaired) electrons. The van der Waals surface area contributed by atoms with Crippen molar-refractivity contribution in [1.29, 1.82) is 0 Å². The molecule has 0 bridgehead atoms. The van der Waals surface area contributed by atoms with E-state index in [1.165, 1.54) is 25.2 Å². The Hall–Kier alpha value is -1.95. The van der Waals surface area contributed by atoms with Crippen molar-refractivity contribution in [2.45, 2.75) is 9.92 Å². The first-order valence-electron chi connectivity index (χ1n) is 4.80. The van der Waals surface area contributed by atoms with Crippen LogP contribution in [0.3, 0.4) is 0 Å². The Morgan fingerprint density at radius 1 is 1.41 bits per heavy atom. The molecular formula is C11H10N2O3S. The van der Waals surface area contributed by atoms with Gasteiger partial charge in [-0.05, 0) is 12.1 Å². The van der Waals surface area contributed by atoms with Crippen molar-refractivity contribution in [2.75, 3.05) is 7.11 Å². The van der Waals surface area contributed by atoms with Crippen LogP contribution < -0.4 is 10.3 Å². The quantitative estimate of drug-likeness (QED) is 0.810. The predicted molar refractivity (Wildman–Crippen MR) is 63.6 cm³/mol. The Morgan fingerprint density at radius 2 is 2.18 bits per heavy atom. The summed E-state index contributed by atoms with van der Waals surface area (Å²) < 4.78 is 4.98. The van der Waals surface area contributed by atoms with Crippen LogP contribution in [-0.4, -0.2) is 22.2 Å². The summed E-state index contributed by atoms with van der Waals surface area (Å²) in [5, 5.41) is 10.0. The average Bonchev–Trinajstić information content (AvgIpc) is 2.32. The second kappa shape index (κ2) is 4.92. The van der Waals surface area contributed by atoms with Crippen LogP contribution in [0.2, 0.25) is 0 Å². The van der Waals surface area contributed by atoms with E-state index in [9.17, 15) is 9.90 Å². The Morgan fingerprint density at radius 3 is 2.88 bits per heavy atom. The second-order valence-corrected chi connectivity index (χ2v) is 4.17. The van der Waals surface area contributed by atoms with E-state index < -0.39 is 0 Å². The summed E-state index contributed by atoms with van der Waals surface area (Å²) in [4.78, 5) is 18.5. The lowest BCUT2D eigenvalue weighted by atomic mass is 10.3. The van der Waals surface area contributed by atoms with E-state index in [0.29, 0.717) is 9.92 Å². The Bertz CT molecular complexity index is 583. The highest BCUT2D eigenvalue weighted by Crippen LogP contribution is 2.35. The monoisotopic (exact) mass is 250 g/mol. The van der Waals surface area contributed by atoms with Gasteiger partial charge in [0.05, 0.1) is 18.3 Å².